The number of carbonyl (C=O) groups excluding carboxylic acids is 2. The van der Waals surface area contributed by atoms with Crippen LogP contribution in [0.5, 0.6) is 0 Å². The molecule has 1 atom stereocenters. The molecule has 13 heavy (non-hydrogen) atoms. The van der Waals surface area contributed by atoms with Gasteiger partial charge in [-0.05, 0) is 0 Å². The van der Waals surface area contributed by atoms with Crippen molar-refractivity contribution in [2.24, 2.45) is 5.92 Å². The Hall–Kier alpha value is -0.950. The largest absolute Gasteiger partial charge is 0.285 e. The van der Waals surface area contributed by atoms with Crippen LogP contribution in [0.15, 0.2) is 0 Å². The van der Waals surface area contributed by atoms with E-state index in [1.807, 2.05) is 0 Å². The Morgan fingerprint density at radius 1 is 1.46 bits per heavy atom. The van der Waals surface area contributed by atoms with Gasteiger partial charge in [0.2, 0.25) is 0 Å². The van der Waals surface area contributed by atoms with Crippen LogP contribution in [0.4, 0.5) is 0 Å². The molecule has 1 heterocycles. The maximum Gasteiger partial charge on any atom is 0.285 e. The first kappa shape index (κ1) is 10.1. The number of hydrogen-bond acceptors (Lipinski definition) is 5. The van der Waals surface area contributed by atoms with Gasteiger partial charge in [-0.3, -0.25) is 9.59 Å². The third-order valence-electron chi connectivity index (χ3n) is 1.54. The van der Waals surface area contributed by atoms with Gasteiger partial charge in [0, 0.05) is 12.3 Å². The van der Waals surface area contributed by atoms with E-state index in [1.165, 1.54) is 6.92 Å². The lowest BCUT2D eigenvalue weighted by Gasteiger charge is -2.10. The zero-order chi connectivity index (χ0) is 10.2. The topological polar surface area (TPSA) is 80.8 Å². The molecular weight excluding hydrogens is 198 g/mol. The lowest BCUT2D eigenvalue weighted by molar-refractivity contribution is -0.164. The second-order valence-corrected chi connectivity index (χ2v) is 4.47. The first-order valence-electron chi connectivity index (χ1n) is 3.57. The summed E-state index contributed by atoms with van der Waals surface area (Å²) in [5.74, 6) is -1.74. The highest BCUT2D eigenvalue weighted by molar-refractivity contribution is 7.85. The number of hydroxylamine groups is 2. The van der Waals surface area contributed by atoms with E-state index < -0.39 is 27.9 Å². The van der Waals surface area contributed by atoms with Crippen molar-refractivity contribution in [3.05, 3.63) is 0 Å². The highest BCUT2D eigenvalue weighted by Gasteiger charge is 2.38. The molecule has 1 rings (SSSR count). The van der Waals surface area contributed by atoms with E-state index >= 15 is 0 Å². The Kier molecular flexibility index (Phi) is 2.40. The first-order valence-corrected chi connectivity index (χ1v) is 5.39. The average Bonchev–Trinajstić information content (AvgIpc) is 2.14. The maximum absolute atomic E-state index is 11.1. The molecule has 1 saturated heterocycles. The van der Waals surface area contributed by atoms with Gasteiger partial charge in [-0.15, -0.1) is 9.35 Å². The third-order valence-corrected chi connectivity index (χ3v) is 1.96. The molecule has 0 bridgehead atoms. The smallest absolute Gasteiger partial charge is 0.272 e. The van der Waals surface area contributed by atoms with E-state index in [-0.39, 0.29) is 6.42 Å². The molecule has 0 aromatic carbocycles. The highest BCUT2D eigenvalue weighted by atomic mass is 32.2. The summed E-state index contributed by atoms with van der Waals surface area (Å²) in [5.41, 5.74) is 0. The summed E-state index contributed by atoms with van der Waals surface area (Å²) in [5, 5.41) is 0.306. The SMILES string of the molecule is CC1CC(=O)N(OS(C)(=O)=O)C1=O. The van der Waals surface area contributed by atoms with Crippen molar-refractivity contribution in [1.82, 2.24) is 5.06 Å². The molecule has 1 fully saturated rings. The molecule has 0 spiro atoms. The van der Waals surface area contributed by atoms with Gasteiger partial charge in [-0.1, -0.05) is 6.92 Å². The Labute approximate surface area is 75.5 Å². The summed E-state index contributed by atoms with van der Waals surface area (Å²) in [4.78, 5) is 22.1. The standard InChI is InChI=1S/C6H9NO5S/c1-4-3-5(8)7(6(4)9)12-13(2,10)11/h4H,3H2,1-2H3. The summed E-state index contributed by atoms with van der Waals surface area (Å²) < 4.78 is 25.4. The molecule has 1 unspecified atom stereocenters. The zero-order valence-electron chi connectivity index (χ0n) is 7.18. The van der Waals surface area contributed by atoms with Gasteiger partial charge < -0.3 is 0 Å². The van der Waals surface area contributed by atoms with Crippen LogP contribution in [-0.4, -0.2) is 31.6 Å². The monoisotopic (exact) mass is 207 g/mol. The van der Waals surface area contributed by atoms with Crippen LogP contribution in [0.3, 0.4) is 0 Å². The van der Waals surface area contributed by atoms with Crippen LogP contribution in [0.1, 0.15) is 13.3 Å². The predicted molar refractivity (Wildman–Crippen MR) is 41.6 cm³/mol. The van der Waals surface area contributed by atoms with Crippen molar-refractivity contribution in [3.63, 3.8) is 0 Å². The van der Waals surface area contributed by atoms with Crippen molar-refractivity contribution < 1.29 is 22.3 Å². The lowest BCUT2D eigenvalue weighted by atomic mass is 10.1. The summed E-state index contributed by atoms with van der Waals surface area (Å²) in [7, 11) is -3.81. The third kappa shape index (κ3) is 2.25. The number of carbonyl (C=O) groups is 2. The van der Waals surface area contributed by atoms with Crippen molar-refractivity contribution >= 4 is 21.9 Å². The fourth-order valence-corrected chi connectivity index (χ4v) is 1.40. The van der Waals surface area contributed by atoms with Crippen LogP contribution in [-0.2, 0) is 24.0 Å². The fraction of sp³-hybridized carbons (Fsp3) is 0.667. The minimum atomic E-state index is -3.81. The van der Waals surface area contributed by atoms with Gasteiger partial charge in [0.25, 0.3) is 21.9 Å². The van der Waals surface area contributed by atoms with Gasteiger partial charge in [0.05, 0.1) is 6.26 Å². The molecule has 0 saturated carbocycles. The molecule has 2 amide bonds. The van der Waals surface area contributed by atoms with Gasteiger partial charge >= 0.3 is 0 Å². The van der Waals surface area contributed by atoms with Crippen molar-refractivity contribution in [2.75, 3.05) is 6.26 Å². The molecule has 0 radical (unpaired) electrons. The Morgan fingerprint density at radius 2 is 2.00 bits per heavy atom. The van der Waals surface area contributed by atoms with Gasteiger partial charge in [-0.2, -0.15) is 8.42 Å². The average molecular weight is 207 g/mol. The minimum absolute atomic E-state index is 0.00560. The second-order valence-electron chi connectivity index (χ2n) is 2.91. The van der Waals surface area contributed by atoms with Gasteiger partial charge in [0.1, 0.15) is 0 Å². The molecule has 6 nitrogen and oxygen atoms in total. The normalized spacial score (nSPS) is 24.2. The summed E-state index contributed by atoms with van der Waals surface area (Å²) in [6.45, 7) is 1.53. The zero-order valence-corrected chi connectivity index (χ0v) is 8.00. The van der Waals surface area contributed by atoms with Gasteiger partial charge in [0.15, 0.2) is 0 Å². The van der Waals surface area contributed by atoms with E-state index in [0.29, 0.717) is 5.06 Å². The number of rotatable bonds is 2. The minimum Gasteiger partial charge on any atom is -0.272 e. The van der Waals surface area contributed by atoms with Crippen LogP contribution < -0.4 is 0 Å². The van der Waals surface area contributed by atoms with Crippen LogP contribution >= 0.6 is 0 Å². The molecular formula is C6H9NO5S. The molecule has 0 aromatic rings. The number of imide groups is 1. The highest BCUT2D eigenvalue weighted by Crippen LogP contribution is 2.19. The first-order chi connectivity index (χ1) is 5.81. The fourth-order valence-electron chi connectivity index (χ4n) is 0.969. The van der Waals surface area contributed by atoms with E-state index in [1.54, 1.807) is 0 Å². The number of amides is 2. The van der Waals surface area contributed by atoms with E-state index in [4.69, 9.17) is 0 Å². The Balaban J connectivity index is 2.82. The van der Waals surface area contributed by atoms with Crippen LogP contribution in [0.25, 0.3) is 0 Å². The van der Waals surface area contributed by atoms with Crippen molar-refractivity contribution in [1.29, 1.82) is 0 Å². The Morgan fingerprint density at radius 3 is 2.31 bits per heavy atom. The molecule has 1 aliphatic rings. The summed E-state index contributed by atoms with van der Waals surface area (Å²) in [6, 6.07) is 0. The van der Waals surface area contributed by atoms with E-state index in [0.717, 1.165) is 6.26 Å². The summed E-state index contributed by atoms with van der Waals surface area (Å²) in [6.07, 6.45) is 0.769. The molecule has 0 aromatic heterocycles. The molecule has 7 heteroatoms. The van der Waals surface area contributed by atoms with Crippen LogP contribution in [0, 0.1) is 5.92 Å². The van der Waals surface area contributed by atoms with Crippen molar-refractivity contribution in [3.8, 4) is 0 Å². The quantitative estimate of drug-likeness (QED) is 0.558. The number of hydrogen-bond donors (Lipinski definition) is 0. The molecule has 74 valence electrons. The molecule has 0 N–H and O–H groups in total. The second kappa shape index (κ2) is 3.08. The van der Waals surface area contributed by atoms with Gasteiger partial charge in [-0.25, -0.2) is 0 Å². The lowest BCUT2D eigenvalue weighted by Crippen LogP contribution is -2.32. The number of nitrogens with zero attached hydrogens (tertiary/aromatic N) is 1. The van der Waals surface area contributed by atoms with Crippen LogP contribution in [0.2, 0.25) is 0 Å². The maximum atomic E-state index is 11.1. The van der Waals surface area contributed by atoms with Crippen molar-refractivity contribution in [2.45, 2.75) is 13.3 Å². The van der Waals surface area contributed by atoms with E-state index in [9.17, 15) is 18.0 Å². The predicted octanol–water partition coefficient (Wildman–Crippen LogP) is -0.727. The molecule has 0 aliphatic carbocycles. The molecule has 1 aliphatic heterocycles. The summed E-state index contributed by atoms with van der Waals surface area (Å²) >= 11 is 0. The van der Waals surface area contributed by atoms with E-state index in [2.05, 4.69) is 4.28 Å². The Bertz CT molecular complexity index is 346.